The molecule has 0 aliphatic heterocycles. The second-order valence-corrected chi connectivity index (χ2v) is 5.73. The number of H-pyrrole nitrogens is 1. The highest BCUT2D eigenvalue weighted by Crippen LogP contribution is 2.21. The molecule has 0 radical (unpaired) electrons. The van der Waals surface area contributed by atoms with Gasteiger partial charge in [0, 0.05) is 28.0 Å². The van der Waals surface area contributed by atoms with Gasteiger partial charge in [0.05, 0.1) is 5.75 Å². The number of fused-ring (bicyclic) bond motifs is 1. The van der Waals surface area contributed by atoms with Crippen LogP contribution in [0.5, 0.6) is 0 Å². The van der Waals surface area contributed by atoms with Gasteiger partial charge in [-0.25, -0.2) is 0 Å². The molecule has 3 aromatic rings. The standard InChI is InChI=1S/C16H15N3OS/c17-12-2-5-14(6-3-12)21-10-16(20)19-13-4-1-11-7-8-18-15(11)9-13/h1-9,18H,10,17H2,(H,19,20). The number of hydrogen-bond acceptors (Lipinski definition) is 3. The van der Waals surface area contributed by atoms with Crippen molar-refractivity contribution in [3.63, 3.8) is 0 Å². The highest BCUT2D eigenvalue weighted by molar-refractivity contribution is 8.00. The molecular formula is C16H15N3OS. The van der Waals surface area contributed by atoms with Gasteiger partial charge >= 0.3 is 0 Å². The number of anilines is 2. The minimum atomic E-state index is -0.0252. The molecule has 0 unspecified atom stereocenters. The number of nitrogen functional groups attached to an aromatic ring is 1. The van der Waals surface area contributed by atoms with E-state index in [2.05, 4.69) is 10.3 Å². The summed E-state index contributed by atoms with van der Waals surface area (Å²) in [6.07, 6.45) is 1.88. The topological polar surface area (TPSA) is 70.9 Å². The molecule has 0 aliphatic rings. The molecule has 0 spiro atoms. The minimum absolute atomic E-state index is 0.0252. The summed E-state index contributed by atoms with van der Waals surface area (Å²) >= 11 is 1.49. The van der Waals surface area contributed by atoms with Gasteiger partial charge in [0.15, 0.2) is 0 Å². The van der Waals surface area contributed by atoms with E-state index in [1.807, 2.05) is 54.7 Å². The third kappa shape index (κ3) is 3.38. The predicted octanol–water partition coefficient (Wildman–Crippen LogP) is 3.48. The van der Waals surface area contributed by atoms with Crippen LogP contribution >= 0.6 is 11.8 Å². The van der Waals surface area contributed by atoms with Crippen LogP contribution in [0, 0.1) is 0 Å². The van der Waals surface area contributed by atoms with Gasteiger partial charge in [-0.05, 0) is 47.9 Å². The summed E-state index contributed by atoms with van der Waals surface area (Å²) in [7, 11) is 0. The predicted molar refractivity (Wildman–Crippen MR) is 88.5 cm³/mol. The number of benzene rings is 2. The van der Waals surface area contributed by atoms with Crippen LogP contribution in [0.15, 0.2) is 59.6 Å². The van der Waals surface area contributed by atoms with Crippen LogP contribution in [0.4, 0.5) is 11.4 Å². The number of carbonyl (C=O) groups is 1. The van der Waals surface area contributed by atoms with Crippen LogP contribution in [0.1, 0.15) is 0 Å². The molecule has 0 atom stereocenters. The molecule has 0 saturated heterocycles. The van der Waals surface area contributed by atoms with E-state index in [0.717, 1.165) is 27.2 Å². The van der Waals surface area contributed by atoms with E-state index in [1.165, 1.54) is 11.8 Å². The number of nitrogens with two attached hydrogens (primary N) is 1. The molecule has 0 aliphatic carbocycles. The molecule has 4 nitrogen and oxygen atoms in total. The zero-order chi connectivity index (χ0) is 14.7. The van der Waals surface area contributed by atoms with Gasteiger partial charge in [0.2, 0.25) is 5.91 Å². The number of aromatic nitrogens is 1. The summed E-state index contributed by atoms with van der Waals surface area (Å²) in [5.74, 6) is 0.342. The molecule has 5 heteroatoms. The molecule has 1 heterocycles. The number of nitrogens with one attached hydrogen (secondary N) is 2. The Morgan fingerprint density at radius 1 is 1.14 bits per heavy atom. The summed E-state index contributed by atoms with van der Waals surface area (Å²) < 4.78 is 0. The molecule has 1 amide bonds. The number of aromatic amines is 1. The van der Waals surface area contributed by atoms with Crippen molar-refractivity contribution in [3.8, 4) is 0 Å². The Morgan fingerprint density at radius 3 is 2.76 bits per heavy atom. The van der Waals surface area contributed by atoms with E-state index >= 15 is 0 Å². The fourth-order valence-electron chi connectivity index (χ4n) is 2.04. The maximum absolute atomic E-state index is 12.0. The lowest BCUT2D eigenvalue weighted by Crippen LogP contribution is -2.13. The van der Waals surface area contributed by atoms with Gasteiger partial charge < -0.3 is 16.0 Å². The number of carbonyl (C=O) groups excluding carboxylic acids is 1. The quantitative estimate of drug-likeness (QED) is 0.510. The first kappa shape index (κ1) is 13.6. The van der Waals surface area contributed by atoms with Gasteiger partial charge in [-0.3, -0.25) is 4.79 Å². The Morgan fingerprint density at radius 2 is 1.95 bits per heavy atom. The average Bonchev–Trinajstić information content (AvgIpc) is 2.94. The van der Waals surface area contributed by atoms with Gasteiger partial charge in [-0.2, -0.15) is 0 Å². The van der Waals surface area contributed by atoms with E-state index in [9.17, 15) is 4.79 Å². The number of amides is 1. The van der Waals surface area contributed by atoms with Crippen molar-refractivity contribution in [2.45, 2.75) is 4.90 Å². The lowest BCUT2D eigenvalue weighted by atomic mass is 10.2. The Labute approximate surface area is 126 Å². The first-order valence-electron chi connectivity index (χ1n) is 6.56. The van der Waals surface area contributed by atoms with Crippen molar-refractivity contribution in [2.75, 3.05) is 16.8 Å². The molecule has 4 N–H and O–H groups in total. The molecule has 1 aromatic heterocycles. The monoisotopic (exact) mass is 297 g/mol. The normalized spacial score (nSPS) is 10.7. The molecule has 21 heavy (non-hydrogen) atoms. The van der Waals surface area contributed by atoms with Gasteiger partial charge in [0.1, 0.15) is 0 Å². The van der Waals surface area contributed by atoms with E-state index in [4.69, 9.17) is 5.73 Å². The Kier molecular flexibility index (Phi) is 3.83. The zero-order valence-corrected chi connectivity index (χ0v) is 12.1. The summed E-state index contributed by atoms with van der Waals surface area (Å²) in [5, 5.41) is 4.03. The van der Waals surface area contributed by atoms with E-state index in [1.54, 1.807) is 0 Å². The fourth-order valence-corrected chi connectivity index (χ4v) is 2.73. The Hall–Kier alpha value is -2.40. The van der Waals surface area contributed by atoms with Gasteiger partial charge in [0.25, 0.3) is 0 Å². The second kappa shape index (κ2) is 5.93. The zero-order valence-electron chi connectivity index (χ0n) is 11.3. The van der Waals surface area contributed by atoms with Crippen molar-refractivity contribution >= 4 is 39.9 Å². The third-order valence-corrected chi connectivity index (χ3v) is 4.10. The van der Waals surface area contributed by atoms with Crippen LogP contribution in [-0.4, -0.2) is 16.6 Å². The molecule has 0 bridgehead atoms. The molecule has 0 fully saturated rings. The van der Waals surface area contributed by atoms with Gasteiger partial charge in [-0.1, -0.05) is 6.07 Å². The molecular weight excluding hydrogens is 282 g/mol. The van der Waals surface area contributed by atoms with Crippen molar-refractivity contribution in [1.82, 2.24) is 4.98 Å². The summed E-state index contributed by atoms with van der Waals surface area (Å²) in [6, 6.07) is 15.3. The number of hydrogen-bond donors (Lipinski definition) is 3. The Balaban J connectivity index is 1.59. The average molecular weight is 297 g/mol. The lowest BCUT2D eigenvalue weighted by molar-refractivity contribution is -0.113. The second-order valence-electron chi connectivity index (χ2n) is 4.69. The summed E-state index contributed by atoms with van der Waals surface area (Å²) in [6.45, 7) is 0. The van der Waals surface area contributed by atoms with E-state index < -0.39 is 0 Å². The SMILES string of the molecule is Nc1ccc(SCC(=O)Nc2ccc3cc[nH]c3c2)cc1. The van der Waals surface area contributed by atoms with Gasteiger partial charge in [-0.15, -0.1) is 11.8 Å². The molecule has 106 valence electrons. The number of thioether (sulfide) groups is 1. The van der Waals surface area contributed by atoms with Crippen LogP contribution < -0.4 is 11.1 Å². The van der Waals surface area contributed by atoms with Crippen molar-refractivity contribution < 1.29 is 4.79 Å². The first-order valence-corrected chi connectivity index (χ1v) is 7.54. The maximum Gasteiger partial charge on any atom is 0.234 e. The smallest absolute Gasteiger partial charge is 0.234 e. The van der Waals surface area contributed by atoms with Crippen LogP contribution in [0.25, 0.3) is 10.9 Å². The maximum atomic E-state index is 12.0. The molecule has 0 saturated carbocycles. The van der Waals surface area contributed by atoms with Crippen LogP contribution in [0.3, 0.4) is 0 Å². The van der Waals surface area contributed by atoms with Crippen molar-refractivity contribution in [2.24, 2.45) is 0 Å². The minimum Gasteiger partial charge on any atom is -0.399 e. The Bertz CT molecular complexity index is 765. The van der Waals surface area contributed by atoms with E-state index in [0.29, 0.717) is 5.75 Å². The fraction of sp³-hybridized carbons (Fsp3) is 0.0625. The van der Waals surface area contributed by atoms with Crippen molar-refractivity contribution in [3.05, 3.63) is 54.7 Å². The molecule has 2 aromatic carbocycles. The van der Waals surface area contributed by atoms with Crippen molar-refractivity contribution in [1.29, 1.82) is 0 Å². The first-order chi connectivity index (χ1) is 10.2. The third-order valence-electron chi connectivity index (χ3n) is 3.09. The van der Waals surface area contributed by atoms with Crippen LogP contribution in [-0.2, 0) is 4.79 Å². The molecule has 3 rings (SSSR count). The number of rotatable bonds is 4. The van der Waals surface area contributed by atoms with Crippen LogP contribution in [0.2, 0.25) is 0 Å². The largest absolute Gasteiger partial charge is 0.399 e. The van der Waals surface area contributed by atoms with E-state index in [-0.39, 0.29) is 5.91 Å². The lowest BCUT2D eigenvalue weighted by Gasteiger charge is -2.05. The highest BCUT2D eigenvalue weighted by Gasteiger charge is 2.05. The highest BCUT2D eigenvalue weighted by atomic mass is 32.2. The summed E-state index contributed by atoms with van der Waals surface area (Å²) in [5.41, 5.74) is 8.17. The summed E-state index contributed by atoms with van der Waals surface area (Å²) in [4.78, 5) is 16.1.